The SMILES string of the molecule is CCN(CCCO)C(=O)c1ccc(C#CCN)s1. The summed E-state index contributed by atoms with van der Waals surface area (Å²) in [5, 5.41) is 8.80. The van der Waals surface area contributed by atoms with E-state index < -0.39 is 0 Å². The minimum atomic E-state index is -0.00301. The summed E-state index contributed by atoms with van der Waals surface area (Å²) in [5.41, 5.74) is 5.30. The predicted molar refractivity (Wildman–Crippen MR) is 73.5 cm³/mol. The first-order valence-corrected chi connectivity index (χ1v) is 6.73. The normalized spacial score (nSPS) is 9.72. The molecule has 18 heavy (non-hydrogen) atoms. The highest BCUT2D eigenvalue weighted by atomic mass is 32.1. The van der Waals surface area contributed by atoms with Gasteiger partial charge >= 0.3 is 0 Å². The maximum atomic E-state index is 12.2. The average Bonchev–Trinajstić information content (AvgIpc) is 2.85. The quantitative estimate of drug-likeness (QED) is 0.778. The van der Waals surface area contributed by atoms with Crippen LogP contribution in [0.4, 0.5) is 0 Å². The Morgan fingerprint density at radius 3 is 2.94 bits per heavy atom. The van der Waals surface area contributed by atoms with E-state index in [1.54, 1.807) is 11.0 Å². The molecule has 1 aromatic heterocycles. The van der Waals surface area contributed by atoms with Crippen LogP contribution in [-0.2, 0) is 0 Å². The van der Waals surface area contributed by atoms with Crippen molar-refractivity contribution < 1.29 is 9.90 Å². The van der Waals surface area contributed by atoms with Crippen LogP contribution in [0.25, 0.3) is 0 Å². The molecule has 1 aromatic rings. The molecular weight excluding hydrogens is 248 g/mol. The monoisotopic (exact) mass is 266 g/mol. The molecule has 0 aliphatic carbocycles. The predicted octanol–water partition coefficient (Wildman–Crippen LogP) is 0.903. The highest BCUT2D eigenvalue weighted by molar-refractivity contribution is 7.14. The van der Waals surface area contributed by atoms with E-state index in [4.69, 9.17) is 10.8 Å². The highest BCUT2D eigenvalue weighted by Gasteiger charge is 2.15. The Bertz CT molecular complexity index is 445. The number of nitrogens with zero attached hydrogens (tertiary/aromatic N) is 1. The summed E-state index contributed by atoms with van der Waals surface area (Å²) < 4.78 is 0. The Hall–Kier alpha value is -1.35. The number of carbonyl (C=O) groups is 1. The lowest BCUT2D eigenvalue weighted by Crippen LogP contribution is -2.31. The zero-order chi connectivity index (χ0) is 13.4. The van der Waals surface area contributed by atoms with Gasteiger partial charge in [-0.2, -0.15) is 0 Å². The van der Waals surface area contributed by atoms with Crippen LogP contribution >= 0.6 is 11.3 Å². The molecule has 5 heteroatoms. The number of amides is 1. The van der Waals surface area contributed by atoms with Crippen molar-refractivity contribution in [3.05, 3.63) is 21.9 Å². The molecule has 0 unspecified atom stereocenters. The van der Waals surface area contributed by atoms with Gasteiger partial charge < -0.3 is 15.7 Å². The Labute approximate surface area is 111 Å². The van der Waals surface area contributed by atoms with Gasteiger partial charge in [0.15, 0.2) is 0 Å². The van der Waals surface area contributed by atoms with Crippen molar-refractivity contribution in [2.75, 3.05) is 26.2 Å². The number of carbonyl (C=O) groups excluding carboxylic acids is 1. The molecule has 3 N–H and O–H groups in total. The van der Waals surface area contributed by atoms with Crippen LogP contribution < -0.4 is 5.73 Å². The van der Waals surface area contributed by atoms with Crippen molar-refractivity contribution in [1.29, 1.82) is 0 Å². The largest absolute Gasteiger partial charge is 0.396 e. The molecule has 0 radical (unpaired) electrons. The molecule has 0 fully saturated rings. The van der Waals surface area contributed by atoms with Gasteiger partial charge in [0.2, 0.25) is 0 Å². The van der Waals surface area contributed by atoms with E-state index in [1.165, 1.54) is 11.3 Å². The smallest absolute Gasteiger partial charge is 0.263 e. The lowest BCUT2D eigenvalue weighted by Gasteiger charge is -2.19. The summed E-state index contributed by atoms with van der Waals surface area (Å²) in [6.07, 6.45) is 0.602. The zero-order valence-corrected chi connectivity index (χ0v) is 11.3. The molecule has 0 spiro atoms. The van der Waals surface area contributed by atoms with Gasteiger partial charge in [-0.25, -0.2) is 0 Å². The first kappa shape index (κ1) is 14.7. The van der Waals surface area contributed by atoms with Crippen molar-refractivity contribution in [1.82, 2.24) is 4.90 Å². The van der Waals surface area contributed by atoms with E-state index in [1.807, 2.05) is 13.0 Å². The summed E-state index contributed by atoms with van der Waals surface area (Å²) in [6.45, 7) is 3.56. The van der Waals surface area contributed by atoms with Crippen molar-refractivity contribution in [3.63, 3.8) is 0 Å². The molecule has 1 amide bonds. The van der Waals surface area contributed by atoms with Crippen molar-refractivity contribution >= 4 is 17.2 Å². The van der Waals surface area contributed by atoms with Crippen molar-refractivity contribution in [3.8, 4) is 11.8 Å². The fraction of sp³-hybridized carbons (Fsp3) is 0.462. The van der Waals surface area contributed by atoms with E-state index >= 15 is 0 Å². The molecule has 98 valence electrons. The van der Waals surface area contributed by atoms with E-state index in [2.05, 4.69) is 11.8 Å². The number of hydrogen-bond acceptors (Lipinski definition) is 4. The van der Waals surface area contributed by atoms with Gasteiger partial charge in [-0.15, -0.1) is 11.3 Å². The summed E-state index contributed by atoms with van der Waals surface area (Å²) >= 11 is 1.38. The molecule has 0 aliphatic heterocycles. The minimum Gasteiger partial charge on any atom is -0.396 e. The van der Waals surface area contributed by atoms with Gasteiger partial charge in [0.1, 0.15) is 0 Å². The molecule has 4 nitrogen and oxygen atoms in total. The van der Waals surface area contributed by atoms with Crippen LogP contribution in [-0.4, -0.2) is 42.2 Å². The number of hydrogen-bond donors (Lipinski definition) is 2. The van der Waals surface area contributed by atoms with Gasteiger partial charge in [-0.05, 0) is 25.5 Å². The van der Waals surface area contributed by atoms with Crippen LogP contribution in [0, 0.1) is 11.8 Å². The first-order valence-electron chi connectivity index (χ1n) is 5.91. The highest BCUT2D eigenvalue weighted by Crippen LogP contribution is 2.17. The number of rotatable bonds is 5. The molecular formula is C13H18N2O2S. The number of nitrogens with two attached hydrogens (primary N) is 1. The van der Waals surface area contributed by atoms with Crippen LogP contribution in [0.15, 0.2) is 12.1 Å². The molecule has 0 aromatic carbocycles. The van der Waals surface area contributed by atoms with E-state index in [0.717, 1.165) is 4.88 Å². The average molecular weight is 266 g/mol. The zero-order valence-electron chi connectivity index (χ0n) is 10.5. The van der Waals surface area contributed by atoms with Gasteiger partial charge in [0.05, 0.1) is 16.3 Å². The molecule has 1 heterocycles. The second kappa shape index (κ2) is 7.88. The molecule has 0 atom stereocenters. The van der Waals surface area contributed by atoms with Crippen LogP contribution in [0.5, 0.6) is 0 Å². The minimum absolute atomic E-state index is 0.00301. The third kappa shape index (κ3) is 4.15. The van der Waals surface area contributed by atoms with Crippen LogP contribution in [0.2, 0.25) is 0 Å². The third-order valence-corrected chi connectivity index (χ3v) is 3.37. The second-order valence-electron chi connectivity index (χ2n) is 3.63. The van der Waals surface area contributed by atoms with Crippen LogP contribution in [0.1, 0.15) is 27.9 Å². The van der Waals surface area contributed by atoms with Gasteiger partial charge in [0, 0.05) is 19.7 Å². The van der Waals surface area contributed by atoms with E-state index in [0.29, 0.717) is 30.9 Å². The summed E-state index contributed by atoms with van der Waals surface area (Å²) in [5.74, 6) is 5.67. The Balaban J connectivity index is 2.72. The van der Waals surface area contributed by atoms with Gasteiger partial charge in [-0.3, -0.25) is 4.79 Å². The lowest BCUT2D eigenvalue weighted by atomic mass is 10.3. The number of thiophene rings is 1. The van der Waals surface area contributed by atoms with Crippen molar-refractivity contribution in [2.24, 2.45) is 5.73 Å². The molecule has 0 aliphatic rings. The summed E-state index contributed by atoms with van der Waals surface area (Å²) in [4.78, 5) is 15.4. The standard InChI is InChI=1S/C13H18N2O2S/c1-2-15(9-4-10-16)13(17)12-7-6-11(18-12)5-3-8-14/h6-7,16H,2,4,8-10,14H2,1H3. The maximum Gasteiger partial charge on any atom is 0.263 e. The fourth-order valence-corrected chi connectivity index (χ4v) is 2.33. The summed E-state index contributed by atoms with van der Waals surface area (Å²) in [7, 11) is 0. The molecule has 1 rings (SSSR count). The van der Waals surface area contributed by atoms with E-state index in [-0.39, 0.29) is 12.5 Å². The summed E-state index contributed by atoms with van der Waals surface area (Å²) in [6, 6.07) is 3.62. The molecule has 0 saturated carbocycles. The molecule has 0 bridgehead atoms. The topological polar surface area (TPSA) is 66.6 Å². The van der Waals surface area contributed by atoms with E-state index in [9.17, 15) is 4.79 Å². The van der Waals surface area contributed by atoms with Crippen molar-refractivity contribution in [2.45, 2.75) is 13.3 Å². The number of aliphatic hydroxyl groups is 1. The van der Waals surface area contributed by atoms with Crippen LogP contribution in [0.3, 0.4) is 0 Å². The molecule has 0 saturated heterocycles. The number of aliphatic hydroxyl groups excluding tert-OH is 1. The Morgan fingerprint density at radius 1 is 1.56 bits per heavy atom. The second-order valence-corrected chi connectivity index (χ2v) is 4.72. The Morgan fingerprint density at radius 2 is 2.33 bits per heavy atom. The first-order chi connectivity index (χ1) is 8.72. The van der Waals surface area contributed by atoms with Gasteiger partial charge in [-0.1, -0.05) is 11.8 Å². The maximum absolute atomic E-state index is 12.2. The Kier molecular flexibility index (Phi) is 6.44. The third-order valence-electron chi connectivity index (χ3n) is 2.39. The fourth-order valence-electron chi connectivity index (χ4n) is 1.48. The van der Waals surface area contributed by atoms with Gasteiger partial charge in [0.25, 0.3) is 5.91 Å². The lowest BCUT2D eigenvalue weighted by molar-refractivity contribution is 0.0759.